The van der Waals surface area contributed by atoms with Crippen molar-refractivity contribution in [3.05, 3.63) is 59.4 Å². The quantitative estimate of drug-likeness (QED) is 0.823. The molecular weight excluding hydrogens is 297 g/mol. The van der Waals surface area contributed by atoms with Gasteiger partial charge in [0.1, 0.15) is 17.3 Å². The molecule has 0 aliphatic carbocycles. The first-order chi connectivity index (χ1) is 11.0. The summed E-state index contributed by atoms with van der Waals surface area (Å²) in [4.78, 5) is 0. The van der Waals surface area contributed by atoms with Gasteiger partial charge in [-0.25, -0.2) is 4.39 Å². The lowest BCUT2D eigenvalue weighted by Gasteiger charge is -2.19. The van der Waals surface area contributed by atoms with E-state index in [1.807, 2.05) is 6.92 Å². The van der Waals surface area contributed by atoms with Gasteiger partial charge in [-0.15, -0.1) is 0 Å². The van der Waals surface area contributed by atoms with Gasteiger partial charge in [-0.2, -0.15) is 0 Å². The summed E-state index contributed by atoms with van der Waals surface area (Å²) in [6.07, 6.45) is -0.756. The number of rotatable bonds is 7. The Morgan fingerprint density at radius 1 is 1.09 bits per heavy atom. The van der Waals surface area contributed by atoms with Crippen LogP contribution in [0.1, 0.15) is 30.2 Å². The van der Waals surface area contributed by atoms with Crippen molar-refractivity contribution in [3.8, 4) is 11.5 Å². The molecule has 0 saturated carbocycles. The topological polar surface area (TPSA) is 50.7 Å². The van der Waals surface area contributed by atoms with E-state index in [1.54, 1.807) is 50.6 Å². The summed E-state index contributed by atoms with van der Waals surface area (Å²) < 4.78 is 24.1. The molecule has 0 bridgehead atoms. The van der Waals surface area contributed by atoms with Gasteiger partial charge in [0.25, 0.3) is 0 Å². The molecule has 0 aliphatic heterocycles. The first kappa shape index (κ1) is 17.2. The monoisotopic (exact) mass is 319 g/mol. The van der Waals surface area contributed by atoms with E-state index in [0.29, 0.717) is 22.6 Å². The Bertz CT molecular complexity index is 626. The van der Waals surface area contributed by atoms with Crippen molar-refractivity contribution in [1.82, 2.24) is 5.32 Å². The molecule has 124 valence electrons. The van der Waals surface area contributed by atoms with Crippen LogP contribution in [0.5, 0.6) is 11.5 Å². The lowest BCUT2D eigenvalue weighted by molar-refractivity contribution is 0.169. The Balaban J connectivity index is 2.04. The number of ether oxygens (including phenoxy) is 2. The highest BCUT2D eigenvalue weighted by atomic mass is 19.1. The molecule has 2 unspecified atom stereocenters. The van der Waals surface area contributed by atoms with Crippen LogP contribution in [-0.2, 0) is 0 Å². The summed E-state index contributed by atoms with van der Waals surface area (Å²) in [5, 5.41) is 13.5. The second-order valence-electron chi connectivity index (χ2n) is 5.31. The lowest BCUT2D eigenvalue weighted by Crippen LogP contribution is -2.25. The Hall–Kier alpha value is -2.11. The first-order valence-electron chi connectivity index (χ1n) is 7.44. The molecule has 0 heterocycles. The maximum atomic E-state index is 13.7. The zero-order chi connectivity index (χ0) is 16.8. The van der Waals surface area contributed by atoms with E-state index in [-0.39, 0.29) is 18.4 Å². The molecule has 2 N–H and O–H groups in total. The highest BCUT2D eigenvalue weighted by Gasteiger charge is 2.14. The minimum atomic E-state index is -0.756. The highest BCUT2D eigenvalue weighted by molar-refractivity contribution is 5.39. The summed E-state index contributed by atoms with van der Waals surface area (Å²) in [7, 11) is 3.12. The summed E-state index contributed by atoms with van der Waals surface area (Å²) in [5.41, 5.74) is 1.25. The molecular formula is C18H22FNO3. The molecule has 5 heteroatoms. The van der Waals surface area contributed by atoms with Gasteiger partial charge in [0, 0.05) is 24.2 Å². The molecule has 0 fully saturated rings. The van der Waals surface area contributed by atoms with E-state index < -0.39 is 6.10 Å². The summed E-state index contributed by atoms with van der Waals surface area (Å²) in [6, 6.07) is 11.6. The molecule has 0 amide bonds. The van der Waals surface area contributed by atoms with Gasteiger partial charge in [0.2, 0.25) is 0 Å². The fourth-order valence-corrected chi connectivity index (χ4v) is 2.36. The SMILES string of the molecule is COc1cc(OC)cc(C(O)CNC(C)c2ccccc2F)c1. The van der Waals surface area contributed by atoms with Crippen molar-refractivity contribution in [3.63, 3.8) is 0 Å². The number of halogens is 1. The van der Waals surface area contributed by atoms with Gasteiger partial charge < -0.3 is 19.9 Å². The van der Waals surface area contributed by atoms with Crippen LogP contribution in [0.3, 0.4) is 0 Å². The van der Waals surface area contributed by atoms with Crippen LogP contribution in [0.4, 0.5) is 4.39 Å². The first-order valence-corrected chi connectivity index (χ1v) is 7.44. The number of aliphatic hydroxyl groups excluding tert-OH is 1. The number of hydrogen-bond donors (Lipinski definition) is 2. The van der Waals surface area contributed by atoms with Crippen LogP contribution in [0.15, 0.2) is 42.5 Å². The van der Waals surface area contributed by atoms with Crippen LogP contribution >= 0.6 is 0 Å². The molecule has 0 spiro atoms. The normalized spacial score (nSPS) is 13.4. The van der Waals surface area contributed by atoms with Crippen molar-refractivity contribution < 1.29 is 19.0 Å². The van der Waals surface area contributed by atoms with E-state index >= 15 is 0 Å². The van der Waals surface area contributed by atoms with E-state index in [9.17, 15) is 9.50 Å². The standard InChI is InChI=1S/C18H22FNO3/c1-12(16-6-4-5-7-17(16)19)20-11-18(21)13-8-14(22-2)10-15(9-13)23-3/h4-10,12,18,20-21H,11H2,1-3H3. The molecule has 2 atom stereocenters. The number of hydrogen-bond acceptors (Lipinski definition) is 4. The number of nitrogens with one attached hydrogen (secondary N) is 1. The molecule has 2 rings (SSSR count). The summed E-state index contributed by atoms with van der Waals surface area (Å²) >= 11 is 0. The van der Waals surface area contributed by atoms with E-state index in [4.69, 9.17) is 9.47 Å². The Kier molecular flexibility index (Phi) is 5.96. The largest absolute Gasteiger partial charge is 0.497 e. The van der Waals surface area contributed by atoms with Gasteiger partial charge >= 0.3 is 0 Å². The molecule has 23 heavy (non-hydrogen) atoms. The van der Waals surface area contributed by atoms with Gasteiger partial charge in [-0.05, 0) is 30.7 Å². The summed E-state index contributed by atoms with van der Waals surface area (Å²) in [5.74, 6) is 0.964. The number of methoxy groups -OCH3 is 2. The maximum Gasteiger partial charge on any atom is 0.127 e. The zero-order valence-electron chi connectivity index (χ0n) is 13.5. The van der Waals surface area contributed by atoms with Gasteiger partial charge in [-0.3, -0.25) is 0 Å². The lowest BCUT2D eigenvalue weighted by atomic mass is 10.1. The third-order valence-corrected chi connectivity index (χ3v) is 3.75. The molecule has 2 aromatic carbocycles. The number of aliphatic hydroxyl groups is 1. The third-order valence-electron chi connectivity index (χ3n) is 3.75. The van der Waals surface area contributed by atoms with Crippen molar-refractivity contribution in [2.75, 3.05) is 20.8 Å². The predicted octanol–water partition coefficient (Wildman–Crippen LogP) is 3.23. The van der Waals surface area contributed by atoms with Gasteiger partial charge in [0.15, 0.2) is 0 Å². The molecule has 0 aromatic heterocycles. The van der Waals surface area contributed by atoms with Crippen molar-refractivity contribution in [1.29, 1.82) is 0 Å². The van der Waals surface area contributed by atoms with Crippen LogP contribution in [0.25, 0.3) is 0 Å². The summed E-state index contributed by atoms with van der Waals surface area (Å²) in [6.45, 7) is 2.14. The van der Waals surface area contributed by atoms with Crippen molar-refractivity contribution in [2.45, 2.75) is 19.1 Å². The zero-order valence-corrected chi connectivity index (χ0v) is 13.5. The van der Waals surface area contributed by atoms with Crippen LogP contribution < -0.4 is 14.8 Å². The molecule has 2 aromatic rings. The van der Waals surface area contributed by atoms with Crippen molar-refractivity contribution in [2.24, 2.45) is 0 Å². The van der Waals surface area contributed by atoms with Crippen LogP contribution in [0.2, 0.25) is 0 Å². The average molecular weight is 319 g/mol. The Morgan fingerprint density at radius 2 is 1.70 bits per heavy atom. The number of benzene rings is 2. The molecule has 0 saturated heterocycles. The third kappa shape index (κ3) is 4.43. The van der Waals surface area contributed by atoms with E-state index in [2.05, 4.69) is 5.32 Å². The van der Waals surface area contributed by atoms with Gasteiger partial charge in [0.05, 0.1) is 20.3 Å². The predicted molar refractivity (Wildman–Crippen MR) is 87.3 cm³/mol. The maximum absolute atomic E-state index is 13.7. The fraction of sp³-hybridized carbons (Fsp3) is 0.333. The fourth-order valence-electron chi connectivity index (χ4n) is 2.36. The van der Waals surface area contributed by atoms with E-state index in [0.717, 1.165) is 0 Å². The average Bonchev–Trinajstić information content (AvgIpc) is 2.59. The van der Waals surface area contributed by atoms with E-state index in [1.165, 1.54) is 6.07 Å². The van der Waals surface area contributed by atoms with Crippen molar-refractivity contribution >= 4 is 0 Å². The Morgan fingerprint density at radius 3 is 2.26 bits per heavy atom. The minimum Gasteiger partial charge on any atom is -0.497 e. The minimum absolute atomic E-state index is 0.210. The second kappa shape index (κ2) is 7.94. The highest BCUT2D eigenvalue weighted by Crippen LogP contribution is 2.26. The molecule has 0 radical (unpaired) electrons. The Labute approximate surface area is 135 Å². The molecule has 0 aliphatic rings. The smallest absolute Gasteiger partial charge is 0.127 e. The second-order valence-corrected chi connectivity index (χ2v) is 5.31. The van der Waals surface area contributed by atoms with Gasteiger partial charge in [-0.1, -0.05) is 18.2 Å². The van der Waals surface area contributed by atoms with Crippen LogP contribution in [0, 0.1) is 5.82 Å². The molecule has 4 nitrogen and oxygen atoms in total. The van der Waals surface area contributed by atoms with Crippen LogP contribution in [-0.4, -0.2) is 25.9 Å².